The lowest BCUT2D eigenvalue weighted by atomic mass is 10.1. The maximum absolute atomic E-state index is 12.1. The highest BCUT2D eigenvalue weighted by Crippen LogP contribution is 2.15. The highest BCUT2D eigenvalue weighted by Gasteiger charge is 2.15. The third kappa shape index (κ3) is 4.99. The van der Waals surface area contributed by atoms with Crippen molar-refractivity contribution >= 4 is 21.6 Å². The molecular formula is C15H15N3O6S. The van der Waals surface area contributed by atoms with Crippen LogP contribution in [0.4, 0.5) is 5.69 Å². The van der Waals surface area contributed by atoms with Gasteiger partial charge in [-0.3, -0.25) is 20.3 Å². The number of sulfonamides is 1. The first-order valence-corrected chi connectivity index (χ1v) is 8.48. The summed E-state index contributed by atoms with van der Waals surface area (Å²) in [5.41, 5.74) is 2.51. The van der Waals surface area contributed by atoms with Crippen LogP contribution in [0, 0.1) is 10.1 Å². The van der Waals surface area contributed by atoms with Crippen LogP contribution < -0.4 is 15.0 Å². The van der Waals surface area contributed by atoms with Crippen LogP contribution in [0.2, 0.25) is 0 Å². The van der Waals surface area contributed by atoms with Crippen LogP contribution in [-0.4, -0.2) is 26.4 Å². The van der Waals surface area contributed by atoms with Gasteiger partial charge in [0.25, 0.3) is 15.7 Å². The second-order valence-electron chi connectivity index (χ2n) is 4.93. The fourth-order valence-electron chi connectivity index (χ4n) is 1.90. The average molecular weight is 365 g/mol. The minimum Gasteiger partial charge on any atom is -0.497 e. The SMILES string of the molecule is COc1ccc(S(=O)(=O)NNC(=O)Cc2ccc([N+](=O)[O-])cc2)cc1. The number of nitro benzene ring substituents is 1. The van der Waals surface area contributed by atoms with E-state index in [0.29, 0.717) is 11.3 Å². The highest BCUT2D eigenvalue weighted by atomic mass is 32.2. The first kappa shape index (κ1) is 18.4. The van der Waals surface area contributed by atoms with E-state index < -0.39 is 20.9 Å². The Morgan fingerprint density at radius 2 is 1.72 bits per heavy atom. The number of benzene rings is 2. The topological polar surface area (TPSA) is 128 Å². The zero-order chi connectivity index (χ0) is 18.4. The number of hydrogen-bond donors (Lipinski definition) is 2. The van der Waals surface area contributed by atoms with E-state index >= 15 is 0 Å². The number of methoxy groups -OCH3 is 1. The van der Waals surface area contributed by atoms with E-state index in [-0.39, 0.29) is 17.0 Å². The molecule has 2 aromatic rings. The fraction of sp³-hybridized carbons (Fsp3) is 0.133. The maximum Gasteiger partial charge on any atom is 0.269 e. The van der Waals surface area contributed by atoms with Gasteiger partial charge in [-0.15, -0.1) is 4.83 Å². The number of nitrogens with one attached hydrogen (secondary N) is 2. The molecule has 0 saturated heterocycles. The Hall–Kier alpha value is -2.98. The first-order chi connectivity index (χ1) is 11.8. The molecule has 10 heteroatoms. The van der Waals surface area contributed by atoms with E-state index in [1.54, 1.807) is 0 Å². The van der Waals surface area contributed by atoms with Crippen molar-refractivity contribution in [2.24, 2.45) is 0 Å². The molecule has 0 spiro atoms. The zero-order valence-electron chi connectivity index (χ0n) is 13.1. The number of carbonyl (C=O) groups excluding carboxylic acids is 1. The number of nitrogens with zero attached hydrogens (tertiary/aromatic N) is 1. The Labute approximate surface area is 143 Å². The summed E-state index contributed by atoms with van der Waals surface area (Å²) < 4.78 is 29.1. The monoisotopic (exact) mass is 365 g/mol. The van der Waals surface area contributed by atoms with Gasteiger partial charge in [0.1, 0.15) is 5.75 Å². The molecule has 0 fully saturated rings. The van der Waals surface area contributed by atoms with Gasteiger partial charge in [0, 0.05) is 12.1 Å². The second-order valence-corrected chi connectivity index (χ2v) is 6.61. The van der Waals surface area contributed by atoms with Crippen molar-refractivity contribution < 1.29 is 22.9 Å². The molecule has 25 heavy (non-hydrogen) atoms. The molecule has 0 saturated carbocycles. The Morgan fingerprint density at radius 1 is 1.12 bits per heavy atom. The number of ether oxygens (including phenoxy) is 1. The summed E-state index contributed by atoms with van der Waals surface area (Å²) in [5, 5.41) is 10.6. The van der Waals surface area contributed by atoms with E-state index in [9.17, 15) is 23.3 Å². The van der Waals surface area contributed by atoms with Gasteiger partial charge in [0.2, 0.25) is 5.91 Å². The van der Waals surface area contributed by atoms with Gasteiger partial charge >= 0.3 is 0 Å². The van der Waals surface area contributed by atoms with Crippen LogP contribution in [-0.2, 0) is 21.2 Å². The molecule has 0 aromatic heterocycles. The number of hydrazine groups is 1. The Bertz CT molecular complexity index is 863. The first-order valence-electron chi connectivity index (χ1n) is 7.00. The molecule has 2 rings (SSSR count). The standard InChI is InChI=1S/C15H15N3O6S/c1-24-13-6-8-14(9-7-13)25(22,23)17-16-15(19)10-11-2-4-12(5-3-11)18(20)21/h2-9,17H,10H2,1H3,(H,16,19). The van der Waals surface area contributed by atoms with Crippen molar-refractivity contribution in [1.82, 2.24) is 10.3 Å². The lowest BCUT2D eigenvalue weighted by Gasteiger charge is -2.09. The van der Waals surface area contributed by atoms with Crippen molar-refractivity contribution in [3.8, 4) is 5.75 Å². The number of rotatable bonds is 7. The van der Waals surface area contributed by atoms with Crippen molar-refractivity contribution in [3.63, 3.8) is 0 Å². The predicted octanol–water partition coefficient (Wildman–Crippen LogP) is 1.16. The third-order valence-corrected chi connectivity index (χ3v) is 4.47. The lowest BCUT2D eigenvalue weighted by Crippen LogP contribution is -2.42. The number of hydrogen-bond acceptors (Lipinski definition) is 6. The summed E-state index contributed by atoms with van der Waals surface area (Å²) in [7, 11) is -2.46. The average Bonchev–Trinajstić information content (AvgIpc) is 2.60. The minimum atomic E-state index is -3.92. The molecular weight excluding hydrogens is 350 g/mol. The summed E-state index contributed by atoms with van der Waals surface area (Å²) >= 11 is 0. The van der Waals surface area contributed by atoms with Gasteiger partial charge in [0.05, 0.1) is 23.3 Å². The molecule has 2 aromatic carbocycles. The molecule has 132 valence electrons. The lowest BCUT2D eigenvalue weighted by molar-refractivity contribution is -0.384. The van der Waals surface area contributed by atoms with Crippen LogP contribution in [0.5, 0.6) is 5.75 Å². The maximum atomic E-state index is 12.1. The Morgan fingerprint density at radius 3 is 2.24 bits per heavy atom. The van der Waals surface area contributed by atoms with Gasteiger partial charge in [0.15, 0.2) is 0 Å². The largest absolute Gasteiger partial charge is 0.497 e. The summed E-state index contributed by atoms with van der Waals surface area (Å²) in [5.74, 6) is -0.105. The summed E-state index contributed by atoms with van der Waals surface area (Å²) in [4.78, 5) is 23.8. The molecule has 0 aliphatic carbocycles. The van der Waals surface area contributed by atoms with Crippen LogP contribution in [0.3, 0.4) is 0 Å². The third-order valence-electron chi connectivity index (χ3n) is 3.21. The summed E-state index contributed by atoms with van der Waals surface area (Å²) in [6.45, 7) is 0. The zero-order valence-corrected chi connectivity index (χ0v) is 13.9. The molecule has 0 unspecified atom stereocenters. The quantitative estimate of drug-likeness (QED) is 0.560. The van der Waals surface area contributed by atoms with Gasteiger partial charge in [-0.05, 0) is 29.8 Å². The van der Waals surface area contributed by atoms with Gasteiger partial charge in [-0.1, -0.05) is 12.1 Å². The van der Waals surface area contributed by atoms with E-state index in [2.05, 4.69) is 5.43 Å². The number of carbonyl (C=O) groups is 1. The van der Waals surface area contributed by atoms with Crippen molar-refractivity contribution in [2.45, 2.75) is 11.3 Å². The van der Waals surface area contributed by atoms with Gasteiger partial charge in [-0.25, -0.2) is 8.42 Å². The molecule has 1 amide bonds. The van der Waals surface area contributed by atoms with Crippen LogP contribution in [0.25, 0.3) is 0 Å². The van der Waals surface area contributed by atoms with Crippen LogP contribution >= 0.6 is 0 Å². The second kappa shape index (κ2) is 7.73. The molecule has 9 nitrogen and oxygen atoms in total. The predicted molar refractivity (Wildman–Crippen MR) is 88.3 cm³/mol. The van der Waals surface area contributed by atoms with Crippen molar-refractivity contribution in [3.05, 3.63) is 64.2 Å². The van der Waals surface area contributed by atoms with Gasteiger partial charge in [-0.2, -0.15) is 0 Å². The Kier molecular flexibility index (Phi) is 5.67. The molecule has 0 aliphatic heterocycles. The summed E-state index contributed by atoms with van der Waals surface area (Å²) in [6.07, 6.45) is -0.136. The van der Waals surface area contributed by atoms with E-state index in [1.165, 1.54) is 55.6 Å². The number of non-ortho nitro benzene ring substituents is 1. The van der Waals surface area contributed by atoms with Crippen molar-refractivity contribution in [1.29, 1.82) is 0 Å². The molecule has 0 atom stereocenters. The molecule has 0 bridgehead atoms. The number of amides is 1. The van der Waals surface area contributed by atoms with Crippen LogP contribution in [0.15, 0.2) is 53.4 Å². The smallest absolute Gasteiger partial charge is 0.269 e. The molecule has 2 N–H and O–H groups in total. The van der Waals surface area contributed by atoms with E-state index in [1.807, 2.05) is 4.83 Å². The Balaban J connectivity index is 1.94. The summed E-state index contributed by atoms with van der Waals surface area (Å²) in [6, 6.07) is 11.0. The normalized spacial score (nSPS) is 10.9. The van der Waals surface area contributed by atoms with E-state index in [0.717, 1.165) is 0 Å². The minimum absolute atomic E-state index is 0.0380. The highest BCUT2D eigenvalue weighted by molar-refractivity contribution is 7.89. The molecule has 0 radical (unpaired) electrons. The van der Waals surface area contributed by atoms with Crippen LogP contribution in [0.1, 0.15) is 5.56 Å². The number of nitro groups is 1. The molecule has 0 heterocycles. The van der Waals surface area contributed by atoms with Crippen molar-refractivity contribution in [2.75, 3.05) is 7.11 Å². The van der Waals surface area contributed by atoms with E-state index in [4.69, 9.17) is 4.74 Å². The molecule has 0 aliphatic rings. The van der Waals surface area contributed by atoms with Gasteiger partial charge < -0.3 is 4.74 Å². The fourth-order valence-corrected chi connectivity index (χ4v) is 2.76.